The number of carbonyl (C=O) groups excluding carboxylic acids is 2. The van der Waals surface area contributed by atoms with Crippen LogP contribution in [-0.4, -0.2) is 25.6 Å². The van der Waals surface area contributed by atoms with E-state index in [1.54, 1.807) is 19.2 Å². The van der Waals surface area contributed by atoms with Crippen molar-refractivity contribution in [3.05, 3.63) is 65.2 Å². The van der Waals surface area contributed by atoms with Crippen molar-refractivity contribution in [2.75, 3.05) is 19.5 Å². The first-order chi connectivity index (χ1) is 13.2. The molecule has 0 bridgehead atoms. The first-order valence-corrected chi connectivity index (χ1v) is 9.00. The predicted molar refractivity (Wildman–Crippen MR) is 99.8 cm³/mol. The lowest BCUT2D eigenvalue weighted by molar-refractivity contribution is -0.191. The van der Waals surface area contributed by atoms with Crippen LogP contribution in [0.1, 0.15) is 5.56 Å². The van der Waals surface area contributed by atoms with Crippen LogP contribution in [0.4, 0.5) is 13.2 Å². The molecule has 0 aliphatic carbocycles. The number of ether oxygens (including phenoxy) is 2. The average Bonchev–Trinajstić information content (AvgIpc) is 2.65. The van der Waals surface area contributed by atoms with Crippen molar-refractivity contribution in [1.82, 2.24) is 0 Å². The fourth-order valence-electron chi connectivity index (χ4n) is 1.89. The highest BCUT2D eigenvalue weighted by molar-refractivity contribution is 7.99. The first-order valence-electron chi connectivity index (χ1n) is 7.63. The van der Waals surface area contributed by atoms with E-state index in [1.165, 1.54) is 23.9 Å². The standard InChI is InChI=1S/C18H16ClF3O2S.CO2/c1-12(11-25-15-7-8-17(23-2)16(19)9-15)10-24-14-5-3-13(4-6-14)18(20,21)22;2-1-3/h3-9H,1,10-11H2,2H3;. The van der Waals surface area contributed by atoms with Crippen LogP contribution in [0.25, 0.3) is 0 Å². The molecule has 2 rings (SSSR count). The minimum Gasteiger partial charge on any atom is -0.495 e. The van der Waals surface area contributed by atoms with Crippen molar-refractivity contribution in [3.63, 3.8) is 0 Å². The normalized spacial score (nSPS) is 10.3. The monoisotopic (exact) mass is 432 g/mol. The number of methoxy groups -OCH3 is 1. The minimum atomic E-state index is -4.35. The van der Waals surface area contributed by atoms with E-state index in [-0.39, 0.29) is 12.8 Å². The second kappa shape index (κ2) is 11.4. The van der Waals surface area contributed by atoms with Gasteiger partial charge in [0.25, 0.3) is 0 Å². The molecule has 0 aliphatic heterocycles. The van der Waals surface area contributed by atoms with Gasteiger partial charge < -0.3 is 9.47 Å². The molecule has 0 spiro atoms. The van der Waals surface area contributed by atoms with Crippen molar-refractivity contribution in [3.8, 4) is 11.5 Å². The number of hydrogen-bond donors (Lipinski definition) is 0. The smallest absolute Gasteiger partial charge is 0.416 e. The Bertz CT molecular complexity index is 817. The maximum atomic E-state index is 12.5. The van der Waals surface area contributed by atoms with Gasteiger partial charge in [0.2, 0.25) is 0 Å². The van der Waals surface area contributed by atoms with Crippen LogP contribution < -0.4 is 9.47 Å². The molecule has 4 nitrogen and oxygen atoms in total. The van der Waals surface area contributed by atoms with Crippen LogP contribution in [0, 0.1) is 0 Å². The summed E-state index contributed by atoms with van der Waals surface area (Å²) in [6, 6.07) is 10.1. The highest BCUT2D eigenvalue weighted by Gasteiger charge is 2.29. The maximum Gasteiger partial charge on any atom is 0.416 e. The van der Waals surface area contributed by atoms with Crippen molar-refractivity contribution in [2.24, 2.45) is 0 Å². The summed E-state index contributed by atoms with van der Waals surface area (Å²) < 4.78 is 48.0. The third-order valence-corrected chi connectivity index (χ3v) is 4.63. The van der Waals surface area contributed by atoms with Gasteiger partial charge >= 0.3 is 12.3 Å². The lowest BCUT2D eigenvalue weighted by Crippen LogP contribution is -2.05. The van der Waals surface area contributed by atoms with Crippen molar-refractivity contribution >= 4 is 29.5 Å². The Morgan fingerprint density at radius 3 is 2.29 bits per heavy atom. The molecule has 0 aliphatic rings. The molecule has 0 N–H and O–H groups in total. The molecule has 28 heavy (non-hydrogen) atoms. The van der Waals surface area contributed by atoms with E-state index >= 15 is 0 Å². The van der Waals surface area contributed by atoms with E-state index < -0.39 is 11.7 Å². The summed E-state index contributed by atoms with van der Waals surface area (Å²) in [6.07, 6.45) is -4.10. The molecule has 2 aromatic carbocycles. The lowest BCUT2D eigenvalue weighted by atomic mass is 10.2. The summed E-state index contributed by atoms with van der Waals surface area (Å²) in [7, 11) is 1.55. The molecule has 0 atom stereocenters. The third kappa shape index (κ3) is 8.08. The Balaban J connectivity index is 0.00000122. The zero-order chi connectivity index (χ0) is 21.2. The first kappa shape index (κ1) is 23.6. The quantitative estimate of drug-likeness (QED) is 0.426. The van der Waals surface area contributed by atoms with Crippen molar-refractivity contribution in [1.29, 1.82) is 0 Å². The lowest BCUT2D eigenvalue weighted by Gasteiger charge is -2.11. The fraction of sp³-hybridized carbons (Fsp3) is 0.211. The largest absolute Gasteiger partial charge is 0.495 e. The van der Waals surface area contributed by atoms with Crippen LogP contribution >= 0.6 is 23.4 Å². The summed E-state index contributed by atoms with van der Waals surface area (Å²) in [5, 5.41) is 0.527. The molecule has 0 amide bonds. The molecule has 0 fully saturated rings. The molecular weight excluding hydrogens is 417 g/mol. The number of hydrogen-bond acceptors (Lipinski definition) is 5. The van der Waals surface area contributed by atoms with Gasteiger partial charge in [0.05, 0.1) is 17.7 Å². The highest BCUT2D eigenvalue weighted by Crippen LogP contribution is 2.31. The molecule has 0 saturated carbocycles. The molecule has 0 heterocycles. The Morgan fingerprint density at radius 2 is 1.79 bits per heavy atom. The van der Waals surface area contributed by atoms with E-state index in [0.717, 1.165) is 22.6 Å². The van der Waals surface area contributed by atoms with Crippen LogP contribution in [0.5, 0.6) is 11.5 Å². The molecular formula is C19H16ClF3O4S. The van der Waals surface area contributed by atoms with Gasteiger partial charge in [-0.05, 0) is 48.0 Å². The predicted octanol–water partition coefficient (Wildman–Crippen LogP) is 5.51. The van der Waals surface area contributed by atoms with E-state index in [1.807, 2.05) is 6.07 Å². The van der Waals surface area contributed by atoms with Crippen LogP contribution in [0.2, 0.25) is 5.02 Å². The second-order valence-electron chi connectivity index (χ2n) is 5.23. The Morgan fingerprint density at radius 1 is 1.18 bits per heavy atom. The van der Waals surface area contributed by atoms with Gasteiger partial charge in [-0.3, -0.25) is 0 Å². The molecule has 9 heteroatoms. The van der Waals surface area contributed by atoms with E-state index in [2.05, 4.69) is 6.58 Å². The van der Waals surface area contributed by atoms with Gasteiger partial charge in [-0.1, -0.05) is 18.2 Å². The average molecular weight is 433 g/mol. The third-order valence-electron chi connectivity index (χ3n) is 3.19. The summed E-state index contributed by atoms with van der Waals surface area (Å²) in [4.78, 5) is 17.2. The number of benzene rings is 2. The Kier molecular flexibility index (Phi) is 9.65. The number of halogens is 4. The molecule has 0 saturated heterocycles. The maximum absolute atomic E-state index is 12.5. The minimum absolute atomic E-state index is 0.224. The van der Waals surface area contributed by atoms with Crippen LogP contribution in [0.3, 0.4) is 0 Å². The van der Waals surface area contributed by atoms with Gasteiger partial charge in [-0.2, -0.15) is 22.8 Å². The van der Waals surface area contributed by atoms with E-state index in [9.17, 15) is 13.2 Å². The summed E-state index contributed by atoms with van der Waals surface area (Å²) in [6.45, 7) is 4.14. The molecule has 2 aromatic rings. The van der Waals surface area contributed by atoms with Crippen molar-refractivity contribution < 1.29 is 32.2 Å². The van der Waals surface area contributed by atoms with Gasteiger partial charge in [-0.15, -0.1) is 11.8 Å². The topological polar surface area (TPSA) is 52.6 Å². The van der Waals surface area contributed by atoms with Crippen LogP contribution in [0.15, 0.2) is 59.5 Å². The Hall–Kier alpha value is -2.41. The summed E-state index contributed by atoms with van der Waals surface area (Å²) in [5.41, 5.74) is 0.0995. The molecule has 0 aromatic heterocycles. The molecule has 150 valence electrons. The van der Waals surface area contributed by atoms with E-state index in [0.29, 0.717) is 22.3 Å². The van der Waals surface area contributed by atoms with Gasteiger partial charge in [0, 0.05) is 10.6 Å². The summed E-state index contributed by atoms with van der Waals surface area (Å²) in [5.74, 6) is 1.57. The molecule has 0 unspecified atom stereocenters. The number of thioether (sulfide) groups is 1. The van der Waals surface area contributed by atoms with Gasteiger partial charge in [0.15, 0.2) is 0 Å². The van der Waals surface area contributed by atoms with Gasteiger partial charge in [0.1, 0.15) is 18.1 Å². The van der Waals surface area contributed by atoms with E-state index in [4.69, 9.17) is 30.7 Å². The zero-order valence-corrected chi connectivity index (χ0v) is 16.3. The Labute approximate surface area is 169 Å². The SMILES string of the molecule is C=C(COc1ccc(C(F)(F)F)cc1)CSc1ccc(OC)c(Cl)c1.O=C=O. The molecule has 0 radical (unpaired) electrons. The van der Waals surface area contributed by atoms with Crippen molar-refractivity contribution in [2.45, 2.75) is 11.1 Å². The second-order valence-corrected chi connectivity index (χ2v) is 6.69. The number of rotatable bonds is 7. The highest BCUT2D eigenvalue weighted by atomic mass is 35.5. The number of alkyl halides is 3. The van der Waals surface area contributed by atoms with Crippen LogP contribution in [-0.2, 0) is 15.8 Å². The fourth-order valence-corrected chi connectivity index (χ4v) is 3.03. The summed E-state index contributed by atoms with van der Waals surface area (Å²) >= 11 is 7.60. The van der Waals surface area contributed by atoms with Gasteiger partial charge in [-0.25, -0.2) is 0 Å². The zero-order valence-electron chi connectivity index (χ0n) is 14.7.